The largest absolute Gasteiger partial charge is 0.508 e. The third-order valence-corrected chi connectivity index (χ3v) is 5.79. The first-order chi connectivity index (χ1) is 18.3. The second-order valence-corrected chi connectivity index (χ2v) is 12.7. The molecule has 226 valence electrons. The van der Waals surface area contributed by atoms with Gasteiger partial charge in [-0.1, -0.05) is 61.0 Å². The van der Waals surface area contributed by atoms with E-state index in [2.05, 4.69) is 0 Å². The van der Waals surface area contributed by atoms with E-state index in [1.807, 2.05) is 48.5 Å². The molecule has 3 N–H and O–H groups in total. The quantitative estimate of drug-likeness (QED) is 0.216. The van der Waals surface area contributed by atoms with Gasteiger partial charge in [0.15, 0.2) is 11.5 Å². The third kappa shape index (κ3) is 13.3. The Hall–Kier alpha value is -3.14. The summed E-state index contributed by atoms with van der Waals surface area (Å²) in [6, 6.07) is 3.09. The van der Waals surface area contributed by atoms with Crippen LogP contribution in [0.1, 0.15) is 106 Å². The summed E-state index contributed by atoms with van der Waals surface area (Å²) < 4.78 is 21.7. The molecular formula is C30H47NO9. The van der Waals surface area contributed by atoms with Gasteiger partial charge in [-0.25, -0.2) is 4.79 Å². The van der Waals surface area contributed by atoms with Crippen LogP contribution in [0.3, 0.4) is 0 Å². The Morgan fingerprint density at radius 2 is 1.35 bits per heavy atom. The molecule has 0 aliphatic rings. The number of benzene rings is 1. The van der Waals surface area contributed by atoms with Crippen LogP contribution in [0.2, 0.25) is 0 Å². The zero-order valence-corrected chi connectivity index (χ0v) is 25.4. The molecule has 3 unspecified atom stereocenters. The van der Waals surface area contributed by atoms with Gasteiger partial charge in [0, 0.05) is 5.92 Å². The molecule has 1 aromatic rings. The molecule has 0 radical (unpaired) electrons. The van der Waals surface area contributed by atoms with Crippen molar-refractivity contribution in [2.75, 3.05) is 0 Å². The predicted octanol–water partition coefficient (Wildman–Crippen LogP) is 5.99. The zero-order valence-electron chi connectivity index (χ0n) is 25.4. The number of carbonyl (C=O) groups is 4. The van der Waals surface area contributed by atoms with Gasteiger partial charge in [-0.05, 0) is 55.2 Å². The summed E-state index contributed by atoms with van der Waals surface area (Å²) in [7, 11) is 0. The Labute approximate surface area is 237 Å². The summed E-state index contributed by atoms with van der Waals surface area (Å²) in [5.74, 6) is -3.16. The minimum Gasteiger partial charge on any atom is -0.480 e. The van der Waals surface area contributed by atoms with Crippen molar-refractivity contribution >= 4 is 24.1 Å². The molecule has 0 fully saturated rings. The maximum absolute atomic E-state index is 12.7. The first kappa shape index (κ1) is 34.9. The minimum atomic E-state index is -1.37. The van der Waals surface area contributed by atoms with Crippen LogP contribution in [-0.2, 0) is 23.9 Å². The number of rotatable bonds is 13. The summed E-state index contributed by atoms with van der Waals surface area (Å²) in [5.41, 5.74) is 5.77. The first-order valence-electron chi connectivity index (χ1n) is 13.7. The Morgan fingerprint density at radius 3 is 1.82 bits per heavy atom. The average Bonchev–Trinajstić information content (AvgIpc) is 2.75. The van der Waals surface area contributed by atoms with Crippen molar-refractivity contribution in [2.24, 2.45) is 16.6 Å². The number of nitrogens with two attached hydrogens (primary N) is 1. The highest BCUT2D eigenvalue weighted by Crippen LogP contribution is 2.36. The van der Waals surface area contributed by atoms with E-state index in [-0.39, 0.29) is 47.7 Å². The van der Waals surface area contributed by atoms with Gasteiger partial charge in [0.05, 0.1) is 12.8 Å². The van der Waals surface area contributed by atoms with E-state index >= 15 is 0 Å². The highest BCUT2D eigenvalue weighted by Gasteiger charge is 2.31. The molecule has 0 aliphatic carbocycles. The highest BCUT2D eigenvalue weighted by atomic mass is 16.7. The van der Waals surface area contributed by atoms with E-state index in [1.54, 1.807) is 19.9 Å². The van der Waals surface area contributed by atoms with Gasteiger partial charge in [-0.15, -0.1) is 0 Å². The molecule has 0 spiro atoms. The first-order valence-corrected chi connectivity index (χ1v) is 13.7. The summed E-state index contributed by atoms with van der Waals surface area (Å²) in [4.78, 5) is 49.3. The van der Waals surface area contributed by atoms with Crippen LogP contribution in [0.4, 0.5) is 4.79 Å². The van der Waals surface area contributed by atoms with E-state index in [9.17, 15) is 24.3 Å². The molecule has 10 nitrogen and oxygen atoms in total. The molecule has 0 saturated carbocycles. The van der Waals surface area contributed by atoms with Crippen molar-refractivity contribution < 1.29 is 43.2 Å². The van der Waals surface area contributed by atoms with E-state index in [1.165, 1.54) is 12.1 Å². The van der Waals surface area contributed by atoms with Crippen molar-refractivity contribution in [3.05, 3.63) is 23.8 Å². The van der Waals surface area contributed by atoms with Crippen molar-refractivity contribution in [3.63, 3.8) is 0 Å². The number of ether oxygens (including phenoxy) is 4. The van der Waals surface area contributed by atoms with Crippen molar-refractivity contribution in [1.29, 1.82) is 0 Å². The fraction of sp³-hybridized carbons (Fsp3) is 0.667. The number of aliphatic carboxylic acids is 1. The lowest BCUT2D eigenvalue weighted by molar-refractivity contribution is -0.139. The van der Waals surface area contributed by atoms with Crippen LogP contribution in [0.5, 0.6) is 11.5 Å². The van der Waals surface area contributed by atoms with Crippen LogP contribution >= 0.6 is 0 Å². The second-order valence-electron chi connectivity index (χ2n) is 12.7. The van der Waals surface area contributed by atoms with Crippen molar-refractivity contribution in [1.82, 2.24) is 0 Å². The van der Waals surface area contributed by atoms with E-state index < -0.39 is 42.1 Å². The molecule has 0 aliphatic heterocycles. The molecule has 0 bridgehead atoms. The molecule has 1 aromatic carbocycles. The van der Waals surface area contributed by atoms with Crippen LogP contribution in [-0.4, -0.2) is 47.4 Å². The minimum absolute atomic E-state index is 0.0284. The Bertz CT molecular complexity index is 1020. The van der Waals surface area contributed by atoms with Crippen molar-refractivity contribution in [3.8, 4) is 11.5 Å². The predicted molar refractivity (Wildman–Crippen MR) is 150 cm³/mol. The maximum Gasteiger partial charge on any atom is 0.508 e. The molecule has 10 heteroatoms. The van der Waals surface area contributed by atoms with Crippen LogP contribution in [0, 0.1) is 10.8 Å². The van der Waals surface area contributed by atoms with Gasteiger partial charge < -0.3 is 29.8 Å². The summed E-state index contributed by atoms with van der Waals surface area (Å²) in [6.45, 7) is 16.7. The van der Waals surface area contributed by atoms with E-state index in [0.717, 1.165) is 6.42 Å². The lowest BCUT2D eigenvalue weighted by Crippen LogP contribution is -2.38. The average molecular weight is 566 g/mol. The van der Waals surface area contributed by atoms with Gasteiger partial charge in [0.2, 0.25) is 0 Å². The molecule has 40 heavy (non-hydrogen) atoms. The maximum atomic E-state index is 12.7. The standard InChI is InChI=1S/C30H47NO9/c1-10-11-18(2)37-28(36)38-19(3)14-21(26(31)27(34)35)20-12-13-22(39-24(32)16-29(4,5)6)23(15-20)40-25(33)17-30(7,8)9/h12-13,15,18-19,21,26H,10-11,14,16-17,31H2,1-9H3,(H,34,35)/t18?,19?,21?,26-/m0/s1. The number of carbonyl (C=O) groups excluding carboxylic acids is 3. The fourth-order valence-corrected chi connectivity index (χ4v) is 3.99. The lowest BCUT2D eigenvalue weighted by Gasteiger charge is -2.26. The fourth-order valence-electron chi connectivity index (χ4n) is 3.99. The zero-order chi connectivity index (χ0) is 30.8. The van der Waals surface area contributed by atoms with E-state index in [4.69, 9.17) is 24.7 Å². The van der Waals surface area contributed by atoms with Crippen LogP contribution < -0.4 is 15.2 Å². The molecule has 0 saturated heterocycles. The summed E-state index contributed by atoms with van der Waals surface area (Å²) in [6.07, 6.45) is -0.138. The van der Waals surface area contributed by atoms with E-state index in [0.29, 0.717) is 12.0 Å². The smallest absolute Gasteiger partial charge is 0.480 e. The molecular weight excluding hydrogens is 518 g/mol. The van der Waals surface area contributed by atoms with Crippen LogP contribution in [0.25, 0.3) is 0 Å². The number of hydrogen-bond donors (Lipinski definition) is 2. The highest BCUT2D eigenvalue weighted by molar-refractivity contribution is 5.77. The van der Waals surface area contributed by atoms with Gasteiger partial charge in [-0.3, -0.25) is 14.4 Å². The Balaban J connectivity index is 3.34. The molecule has 4 atom stereocenters. The number of hydrogen-bond acceptors (Lipinski definition) is 9. The third-order valence-electron chi connectivity index (χ3n) is 5.79. The van der Waals surface area contributed by atoms with Gasteiger partial charge in [-0.2, -0.15) is 0 Å². The molecule has 0 heterocycles. The lowest BCUT2D eigenvalue weighted by atomic mass is 9.87. The number of esters is 2. The van der Waals surface area contributed by atoms with Gasteiger partial charge in [0.25, 0.3) is 0 Å². The molecule has 0 amide bonds. The topological polar surface area (TPSA) is 151 Å². The monoisotopic (exact) mass is 565 g/mol. The number of carboxylic acids is 1. The number of carboxylic acid groups (broad SMARTS) is 1. The normalized spacial score (nSPS) is 14.8. The second kappa shape index (κ2) is 15.0. The van der Waals surface area contributed by atoms with Crippen LogP contribution in [0.15, 0.2) is 18.2 Å². The Kier molecular flexibility index (Phi) is 13.1. The molecule has 0 aromatic heterocycles. The molecule has 1 rings (SSSR count). The Morgan fingerprint density at radius 1 is 0.850 bits per heavy atom. The summed E-state index contributed by atoms with van der Waals surface area (Å²) in [5, 5.41) is 9.70. The van der Waals surface area contributed by atoms with Gasteiger partial charge in [0.1, 0.15) is 18.2 Å². The SMILES string of the molecule is CCCC(C)OC(=O)OC(C)CC(c1ccc(OC(=O)CC(C)(C)C)c(OC(=O)CC(C)(C)C)c1)[C@H](N)C(=O)O. The summed E-state index contributed by atoms with van der Waals surface area (Å²) >= 11 is 0. The van der Waals surface area contributed by atoms with Gasteiger partial charge >= 0.3 is 24.1 Å². The van der Waals surface area contributed by atoms with Crippen molar-refractivity contribution in [2.45, 2.75) is 119 Å².